The number of carbonyl (C=O) groups is 2. The fraction of sp³-hybridized carbons (Fsp3) is 0.294. The Morgan fingerprint density at radius 1 is 1.32 bits per heavy atom. The molecule has 1 atom stereocenters. The summed E-state index contributed by atoms with van der Waals surface area (Å²) in [6, 6.07) is 6.60. The molecule has 2 N–H and O–H groups in total. The number of nitriles is 1. The molecule has 0 bridgehead atoms. The van der Waals surface area contributed by atoms with Gasteiger partial charge in [-0.1, -0.05) is 0 Å². The van der Waals surface area contributed by atoms with Crippen molar-refractivity contribution in [2.45, 2.75) is 18.9 Å². The average Bonchev–Trinajstić information content (AvgIpc) is 3.30. The first-order valence-electron chi connectivity index (χ1n) is 7.96. The van der Waals surface area contributed by atoms with Crippen molar-refractivity contribution in [2.75, 3.05) is 18.9 Å². The van der Waals surface area contributed by atoms with Gasteiger partial charge in [-0.15, -0.1) is 0 Å². The van der Waals surface area contributed by atoms with Gasteiger partial charge in [-0.25, -0.2) is 4.98 Å². The van der Waals surface area contributed by atoms with Crippen LogP contribution < -0.4 is 10.6 Å². The van der Waals surface area contributed by atoms with Crippen molar-refractivity contribution in [2.24, 2.45) is 0 Å². The molecule has 3 rings (SSSR count). The van der Waals surface area contributed by atoms with Gasteiger partial charge in [0.15, 0.2) is 12.0 Å². The lowest BCUT2D eigenvalue weighted by Gasteiger charge is -2.16. The molecule has 2 aromatic rings. The minimum Gasteiger partial charge on any atom is -0.355 e. The first kappa shape index (κ1) is 16.5. The predicted molar refractivity (Wildman–Crippen MR) is 90.9 cm³/mol. The first-order chi connectivity index (χ1) is 12.1. The molecule has 2 heterocycles. The topological polar surface area (TPSA) is 103 Å². The van der Waals surface area contributed by atoms with Crippen LogP contribution in [0.25, 0.3) is 5.69 Å². The van der Waals surface area contributed by atoms with Crippen LogP contribution in [0.1, 0.15) is 23.2 Å². The molecule has 1 aliphatic heterocycles. The number of likely N-dealkylation sites (tertiary alicyclic amines) is 1. The van der Waals surface area contributed by atoms with E-state index in [4.69, 9.17) is 5.26 Å². The normalized spacial score (nSPS) is 16.3. The van der Waals surface area contributed by atoms with Crippen molar-refractivity contribution in [1.29, 1.82) is 5.26 Å². The lowest BCUT2D eigenvalue weighted by atomic mass is 10.2. The fourth-order valence-electron chi connectivity index (χ4n) is 2.83. The number of amides is 2. The molecule has 25 heavy (non-hydrogen) atoms. The molecule has 1 aliphatic rings. The van der Waals surface area contributed by atoms with E-state index < -0.39 is 6.04 Å². The summed E-state index contributed by atoms with van der Waals surface area (Å²) < 4.78 is 1.75. The number of anilines is 1. The van der Waals surface area contributed by atoms with Crippen LogP contribution in [0.4, 0.5) is 5.82 Å². The number of aromatic nitrogens is 2. The van der Waals surface area contributed by atoms with Crippen molar-refractivity contribution in [3.05, 3.63) is 42.4 Å². The maximum atomic E-state index is 12.3. The SMILES string of the molecule is CNC(=O)c1ccc(-n2cnc(NC(=O)[C@@H]3CCCN3C#N)c2)cc1. The van der Waals surface area contributed by atoms with Gasteiger partial charge in [-0.05, 0) is 37.1 Å². The van der Waals surface area contributed by atoms with E-state index in [1.807, 2.05) is 6.19 Å². The largest absolute Gasteiger partial charge is 0.355 e. The third-order valence-electron chi connectivity index (χ3n) is 4.17. The number of rotatable bonds is 4. The van der Waals surface area contributed by atoms with Crippen LogP contribution >= 0.6 is 0 Å². The lowest BCUT2D eigenvalue weighted by Crippen LogP contribution is -2.36. The number of nitrogens with one attached hydrogen (secondary N) is 2. The molecular formula is C17H18N6O2. The van der Waals surface area contributed by atoms with Gasteiger partial charge in [0.1, 0.15) is 12.4 Å². The number of hydrogen-bond donors (Lipinski definition) is 2. The third-order valence-corrected chi connectivity index (χ3v) is 4.17. The zero-order chi connectivity index (χ0) is 17.8. The van der Waals surface area contributed by atoms with Crippen molar-refractivity contribution in [3.63, 3.8) is 0 Å². The van der Waals surface area contributed by atoms with E-state index in [2.05, 4.69) is 15.6 Å². The van der Waals surface area contributed by atoms with E-state index in [0.29, 0.717) is 24.3 Å². The van der Waals surface area contributed by atoms with E-state index in [9.17, 15) is 9.59 Å². The van der Waals surface area contributed by atoms with E-state index >= 15 is 0 Å². The molecule has 1 fully saturated rings. The van der Waals surface area contributed by atoms with Crippen LogP contribution in [0.5, 0.6) is 0 Å². The number of benzene rings is 1. The molecular weight excluding hydrogens is 320 g/mol. The maximum absolute atomic E-state index is 12.3. The summed E-state index contributed by atoms with van der Waals surface area (Å²) in [5.41, 5.74) is 1.39. The zero-order valence-electron chi connectivity index (χ0n) is 13.8. The lowest BCUT2D eigenvalue weighted by molar-refractivity contribution is -0.119. The highest BCUT2D eigenvalue weighted by molar-refractivity contribution is 5.94. The Morgan fingerprint density at radius 3 is 2.76 bits per heavy atom. The monoisotopic (exact) mass is 338 g/mol. The second kappa shape index (κ2) is 7.05. The van der Waals surface area contributed by atoms with E-state index in [-0.39, 0.29) is 11.8 Å². The van der Waals surface area contributed by atoms with E-state index in [1.54, 1.807) is 48.4 Å². The van der Waals surface area contributed by atoms with Gasteiger partial charge in [0, 0.05) is 24.8 Å². The van der Waals surface area contributed by atoms with Gasteiger partial charge >= 0.3 is 0 Å². The molecule has 0 saturated carbocycles. The van der Waals surface area contributed by atoms with Gasteiger partial charge in [0.2, 0.25) is 5.91 Å². The Bertz CT molecular complexity index is 820. The highest BCUT2D eigenvalue weighted by Gasteiger charge is 2.30. The van der Waals surface area contributed by atoms with Crippen molar-refractivity contribution in [3.8, 4) is 11.9 Å². The molecule has 1 aromatic heterocycles. The Morgan fingerprint density at radius 2 is 2.08 bits per heavy atom. The van der Waals surface area contributed by atoms with Crippen molar-refractivity contribution in [1.82, 2.24) is 19.8 Å². The standard InChI is InChI=1S/C17H18N6O2/c1-19-16(24)12-4-6-13(7-5-12)23-9-15(20-11-23)21-17(25)14-3-2-8-22(14)10-18/h4-7,9,11,14H,2-3,8H2,1H3,(H,19,24)(H,21,25)/t14-/m0/s1. The second-order valence-electron chi connectivity index (χ2n) is 5.73. The Hall–Kier alpha value is -3.34. The molecule has 128 valence electrons. The summed E-state index contributed by atoms with van der Waals surface area (Å²) in [7, 11) is 1.58. The van der Waals surface area contributed by atoms with Gasteiger partial charge in [-0.3, -0.25) is 14.5 Å². The summed E-state index contributed by atoms with van der Waals surface area (Å²) in [6.45, 7) is 0.612. The fourth-order valence-corrected chi connectivity index (χ4v) is 2.83. The van der Waals surface area contributed by atoms with E-state index in [1.165, 1.54) is 4.90 Å². The van der Waals surface area contributed by atoms with Crippen molar-refractivity contribution >= 4 is 17.6 Å². The van der Waals surface area contributed by atoms with Crippen LogP contribution in [-0.4, -0.2) is 45.9 Å². The van der Waals surface area contributed by atoms with E-state index in [0.717, 1.165) is 12.1 Å². The summed E-state index contributed by atoms with van der Waals surface area (Å²) in [5, 5.41) is 14.3. The summed E-state index contributed by atoms with van der Waals surface area (Å²) in [4.78, 5) is 29.5. The summed E-state index contributed by atoms with van der Waals surface area (Å²) in [6.07, 6.45) is 6.82. The molecule has 0 radical (unpaired) electrons. The summed E-state index contributed by atoms with van der Waals surface area (Å²) in [5.74, 6) is 0.0492. The molecule has 2 amide bonds. The van der Waals surface area contributed by atoms with Gasteiger partial charge < -0.3 is 15.2 Å². The number of imidazole rings is 1. The Balaban J connectivity index is 1.69. The summed E-state index contributed by atoms with van der Waals surface area (Å²) >= 11 is 0. The van der Waals surface area contributed by atoms with Crippen LogP contribution in [0.3, 0.4) is 0 Å². The van der Waals surface area contributed by atoms with Crippen LogP contribution in [0, 0.1) is 11.5 Å². The quantitative estimate of drug-likeness (QED) is 0.813. The van der Waals surface area contributed by atoms with Crippen LogP contribution in [0.2, 0.25) is 0 Å². The number of hydrogen-bond acceptors (Lipinski definition) is 5. The average molecular weight is 338 g/mol. The molecule has 0 spiro atoms. The highest BCUT2D eigenvalue weighted by Crippen LogP contribution is 2.18. The smallest absolute Gasteiger partial charge is 0.251 e. The molecule has 8 heteroatoms. The van der Waals surface area contributed by atoms with Crippen LogP contribution in [0.15, 0.2) is 36.8 Å². The minimum absolute atomic E-state index is 0.149. The Kier molecular flexibility index (Phi) is 4.66. The first-order valence-corrected chi connectivity index (χ1v) is 7.96. The molecule has 0 aliphatic carbocycles. The van der Waals surface area contributed by atoms with Gasteiger partial charge in [0.25, 0.3) is 5.91 Å². The molecule has 8 nitrogen and oxygen atoms in total. The third kappa shape index (κ3) is 3.45. The maximum Gasteiger partial charge on any atom is 0.251 e. The number of carbonyl (C=O) groups excluding carboxylic acids is 2. The molecule has 0 unspecified atom stereocenters. The van der Waals surface area contributed by atoms with Gasteiger partial charge in [-0.2, -0.15) is 5.26 Å². The van der Waals surface area contributed by atoms with Crippen LogP contribution in [-0.2, 0) is 4.79 Å². The minimum atomic E-state index is -0.429. The Labute approximate surface area is 145 Å². The number of nitrogens with zero attached hydrogens (tertiary/aromatic N) is 4. The highest BCUT2D eigenvalue weighted by atomic mass is 16.2. The van der Waals surface area contributed by atoms with Gasteiger partial charge in [0.05, 0.1) is 6.20 Å². The molecule has 1 aromatic carbocycles. The predicted octanol–water partition coefficient (Wildman–Crippen LogP) is 1.12. The second-order valence-corrected chi connectivity index (χ2v) is 5.73. The molecule has 1 saturated heterocycles. The van der Waals surface area contributed by atoms with Crippen molar-refractivity contribution < 1.29 is 9.59 Å². The zero-order valence-corrected chi connectivity index (χ0v) is 13.8.